The fraction of sp³-hybridized carbons (Fsp3) is 0.346. The summed E-state index contributed by atoms with van der Waals surface area (Å²) in [5, 5.41) is 9.89. The van der Waals surface area contributed by atoms with Gasteiger partial charge in [0.1, 0.15) is 6.04 Å². The number of nitrogens with one attached hydrogen (secondary N) is 1. The molecule has 0 saturated heterocycles. The maximum Gasteiger partial charge on any atom is 0.227 e. The molecule has 1 aliphatic heterocycles. The normalized spacial score (nSPS) is 19.0. The average Bonchev–Trinajstić information content (AvgIpc) is 3.14. The number of rotatable bonds is 4. The van der Waals surface area contributed by atoms with E-state index in [1.807, 2.05) is 6.07 Å². The van der Waals surface area contributed by atoms with Crippen LogP contribution in [-0.2, 0) is 10.5 Å². The topological polar surface area (TPSA) is 59.8 Å². The zero-order valence-electron chi connectivity index (χ0n) is 19.6. The third kappa shape index (κ3) is 4.28. The molecule has 176 valence electrons. The van der Waals surface area contributed by atoms with Crippen LogP contribution < -0.4 is 5.32 Å². The van der Waals surface area contributed by atoms with Crippen molar-refractivity contribution in [2.75, 3.05) is 5.32 Å². The molecule has 1 atom stereocenters. The van der Waals surface area contributed by atoms with Crippen LogP contribution in [0.5, 0.6) is 0 Å². The largest absolute Gasteiger partial charge is 0.328 e. The summed E-state index contributed by atoms with van der Waals surface area (Å²) in [7, 11) is 0. The summed E-state index contributed by atoms with van der Waals surface area (Å²) >= 11 is 14.8. The monoisotopic (exact) mass is 512 g/mol. The van der Waals surface area contributed by atoms with Crippen LogP contribution in [0.25, 0.3) is 0 Å². The molecule has 2 aromatic carbocycles. The van der Waals surface area contributed by atoms with E-state index in [9.17, 15) is 4.79 Å². The van der Waals surface area contributed by atoms with Gasteiger partial charge < -0.3 is 5.32 Å². The summed E-state index contributed by atoms with van der Waals surface area (Å²) in [5.74, 6) is 1.45. The third-order valence-corrected chi connectivity index (χ3v) is 7.99. The molecule has 0 spiro atoms. The van der Waals surface area contributed by atoms with Crippen molar-refractivity contribution in [1.29, 1.82) is 0 Å². The van der Waals surface area contributed by atoms with Crippen molar-refractivity contribution in [2.45, 2.75) is 57.5 Å². The number of aromatic nitrogens is 3. The van der Waals surface area contributed by atoms with Crippen LogP contribution in [0.3, 0.4) is 0 Å². The van der Waals surface area contributed by atoms with Crippen LogP contribution in [0.4, 0.5) is 5.95 Å². The number of nitrogens with zero attached hydrogens (tertiary/aromatic N) is 3. The SMILES string of the molecule is Cc1ccc(CSc2nc3n(n2)[C@H](c2c(Cl)cccc2Cl)C2=C(CC(C)(C)CC2=O)N3)c(C)c1. The van der Waals surface area contributed by atoms with Gasteiger partial charge in [0.15, 0.2) is 5.78 Å². The Morgan fingerprint density at radius 1 is 1.15 bits per heavy atom. The molecule has 2 heterocycles. The summed E-state index contributed by atoms with van der Waals surface area (Å²) in [4.78, 5) is 18.2. The minimum atomic E-state index is -0.515. The van der Waals surface area contributed by atoms with Gasteiger partial charge in [0.2, 0.25) is 11.1 Å². The number of halogens is 2. The van der Waals surface area contributed by atoms with Gasteiger partial charge >= 0.3 is 0 Å². The summed E-state index contributed by atoms with van der Waals surface area (Å²) < 4.78 is 1.77. The zero-order valence-corrected chi connectivity index (χ0v) is 21.9. The van der Waals surface area contributed by atoms with E-state index in [-0.39, 0.29) is 11.2 Å². The van der Waals surface area contributed by atoms with E-state index < -0.39 is 6.04 Å². The summed E-state index contributed by atoms with van der Waals surface area (Å²) in [6.45, 7) is 8.44. The Hall–Kier alpha value is -2.28. The maximum absolute atomic E-state index is 13.4. The quantitative estimate of drug-likeness (QED) is 0.376. The fourth-order valence-corrected chi connectivity index (χ4v) is 6.35. The number of allylic oxidation sites excluding steroid dienone is 2. The number of ketones is 1. The minimum Gasteiger partial charge on any atom is -0.328 e. The smallest absolute Gasteiger partial charge is 0.227 e. The number of thioether (sulfide) groups is 1. The highest BCUT2D eigenvalue weighted by Gasteiger charge is 2.43. The second kappa shape index (κ2) is 8.74. The van der Waals surface area contributed by atoms with Crippen LogP contribution >= 0.6 is 35.0 Å². The highest BCUT2D eigenvalue weighted by Crippen LogP contribution is 2.48. The molecule has 3 aromatic rings. The standard InChI is InChI=1S/C26H26Cl2N4OS/c1-14-8-9-16(15(2)10-14)13-34-25-30-24-29-19-11-26(3,4)12-20(33)22(19)23(32(24)31-25)21-17(27)6-5-7-18(21)28/h5-10,23H,11-13H2,1-4H3,(H,29,30,31)/t23-/m1/s1. The second-order valence-electron chi connectivity index (χ2n) is 9.88. The first kappa shape index (κ1) is 23.5. The van der Waals surface area contributed by atoms with Crippen molar-refractivity contribution in [3.63, 3.8) is 0 Å². The predicted molar refractivity (Wildman–Crippen MR) is 139 cm³/mol. The Morgan fingerprint density at radius 2 is 1.88 bits per heavy atom. The number of carbonyl (C=O) groups excluding carboxylic acids is 1. The first-order valence-corrected chi connectivity index (χ1v) is 13.0. The van der Waals surface area contributed by atoms with E-state index in [1.54, 1.807) is 28.6 Å². The molecule has 1 aromatic heterocycles. The predicted octanol–water partition coefficient (Wildman–Crippen LogP) is 7.15. The Balaban J connectivity index is 1.56. The molecular weight excluding hydrogens is 487 g/mol. The number of hydrogen-bond donors (Lipinski definition) is 1. The first-order valence-electron chi connectivity index (χ1n) is 11.3. The lowest BCUT2D eigenvalue weighted by atomic mass is 9.73. The molecule has 0 radical (unpaired) electrons. The van der Waals surface area contributed by atoms with Gasteiger partial charge in [0.25, 0.3) is 0 Å². The van der Waals surface area contributed by atoms with E-state index in [4.69, 9.17) is 33.3 Å². The first-order chi connectivity index (χ1) is 16.1. The Bertz CT molecular complexity index is 1320. The van der Waals surface area contributed by atoms with Gasteiger partial charge in [-0.25, -0.2) is 4.68 Å². The maximum atomic E-state index is 13.4. The van der Waals surface area contributed by atoms with Crippen molar-refractivity contribution >= 4 is 46.7 Å². The van der Waals surface area contributed by atoms with Crippen molar-refractivity contribution in [3.8, 4) is 0 Å². The zero-order chi connectivity index (χ0) is 24.2. The highest BCUT2D eigenvalue weighted by molar-refractivity contribution is 7.98. The number of carbonyl (C=O) groups is 1. The number of anilines is 1. The minimum absolute atomic E-state index is 0.0883. The summed E-state index contributed by atoms with van der Waals surface area (Å²) in [6.07, 6.45) is 1.20. The van der Waals surface area contributed by atoms with Gasteiger partial charge in [-0.3, -0.25) is 4.79 Å². The van der Waals surface area contributed by atoms with Gasteiger partial charge in [0.05, 0.1) is 0 Å². The number of hydrogen-bond acceptors (Lipinski definition) is 5. The summed E-state index contributed by atoms with van der Waals surface area (Å²) in [5.41, 5.74) is 5.85. The number of aryl methyl sites for hydroxylation is 2. The lowest BCUT2D eigenvalue weighted by molar-refractivity contribution is -0.118. The molecule has 0 amide bonds. The lowest BCUT2D eigenvalue weighted by Crippen LogP contribution is -2.36. The molecule has 1 aliphatic carbocycles. The number of Topliss-reactive ketones (excluding diaryl/α,β-unsaturated/α-hetero) is 1. The average molecular weight is 513 g/mol. The molecule has 0 bridgehead atoms. The molecule has 5 rings (SSSR count). The molecule has 2 aliphatic rings. The Kier molecular flexibility index (Phi) is 6.03. The van der Waals surface area contributed by atoms with Crippen LogP contribution in [0, 0.1) is 19.3 Å². The lowest BCUT2D eigenvalue weighted by Gasteiger charge is -2.38. The van der Waals surface area contributed by atoms with Crippen molar-refractivity contribution < 1.29 is 4.79 Å². The Morgan fingerprint density at radius 3 is 2.59 bits per heavy atom. The van der Waals surface area contributed by atoms with E-state index in [2.05, 4.69) is 51.2 Å². The Labute approximate surface area is 213 Å². The molecule has 0 fully saturated rings. The van der Waals surface area contributed by atoms with Gasteiger partial charge in [-0.2, -0.15) is 4.98 Å². The third-order valence-electron chi connectivity index (χ3n) is 6.44. The molecule has 8 heteroatoms. The van der Waals surface area contributed by atoms with E-state index in [1.165, 1.54) is 16.7 Å². The second-order valence-corrected chi connectivity index (χ2v) is 11.6. The number of benzene rings is 2. The van der Waals surface area contributed by atoms with Gasteiger partial charge in [-0.05, 0) is 48.9 Å². The van der Waals surface area contributed by atoms with Gasteiger partial charge in [-0.1, -0.05) is 78.6 Å². The molecule has 5 nitrogen and oxygen atoms in total. The van der Waals surface area contributed by atoms with Crippen LogP contribution in [-0.4, -0.2) is 20.5 Å². The van der Waals surface area contributed by atoms with E-state index in [0.717, 1.165) is 17.9 Å². The molecule has 0 saturated carbocycles. The van der Waals surface area contributed by atoms with Crippen LogP contribution in [0.1, 0.15) is 55.0 Å². The molecule has 1 N–H and O–H groups in total. The van der Waals surface area contributed by atoms with E-state index >= 15 is 0 Å². The van der Waals surface area contributed by atoms with Crippen molar-refractivity contribution in [2.24, 2.45) is 5.41 Å². The van der Waals surface area contributed by atoms with Gasteiger partial charge in [0, 0.05) is 39.1 Å². The number of fused-ring (bicyclic) bond motifs is 1. The highest BCUT2D eigenvalue weighted by atomic mass is 35.5. The molecule has 34 heavy (non-hydrogen) atoms. The molecular formula is C26H26Cl2N4OS. The molecule has 0 unspecified atom stereocenters. The van der Waals surface area contributed by atoms with Crippen LogP contribution in [0.15, 0.2) is 52.8 Å². The van der Waals surface area contributed by atoms with Gasteiger partial charge in [-0.15, -0.1) is 5.10 Å². The van der Waals surface area contributed by atoms with Crippen LogP contribution in [0.2, 0.25) is 10.0 Å². The van der Waals surface area contributed by atoms with Crippen molar-refractivity contribution in [3.05, 3.63) is 80.0 Å². The van der Waals surface area contributed by atoms with Crippen molar-refractivity contribution in [1.82, 2.24) is 14.8 Å². The van der Waals surface area contributed by atoms with E-state index in [0.29, 0.717) is 38.7 Å². The summed E-state index contributed by atoms with van der Waals surface area (Å²) in [6, 6.07) is 11.4. The fourth-order valence-electron chi connectivity index (χ4n) is 4.84.